The fraction of sp³-hybridized carbons (Fsp3) is 0.583. The number of thiazole rings is 1. The molecule has 2 N–H and O–H groups in total. The van der Waals surface area contributed by atoms with Gasteiger partial charge in [-0.3, -0.25) is 4.79 Å². The molecule has 0 radical (unpaired) electrons. The number of ether oxygens (including phenoxy) is 1. The number of aromatic nitrogens is 1. The van der Waals surface area contributed by atoms with Crippen LogP contribution in [0.3, 0.4) is 0 Å². The van der Waals surface area contributed by atoms with Crippen LogP contribution in [-0.4, -0.2) is 40.7 Å². The van der Waals surface area contributed by atoms with Gasteiger partial charge >= 0.3 is 5.97 Å². The van der Waals surface area contributed by atoms with Crippen molar-refractivity contribution in [3.05, 3.63) is 16.1 Å². The molecule has 2 aliphatic rings. The summed E-state index contributed by atoms with van der Waals surface area (Å²) in [7, 11) is 0. The van der Waals surface area contributed by atoms with Crippen molar-refractivity contribution in [2.45, 2.75) is 31.4 Å². The number of aromatic carboxylic acids is 1. The molecule has 2 fully saturated rings. The van der Waals surface area contributed by atoms with Gasteiger partial charge in [0.05, 0.1) is 12.1 Å². The normalized spacial score (nSPS) is 26.3. The highest BCUT2D eigenvalue weighted by molar-refractivity contribution is 7.11. The summed E-state index contributed by atoms with van der Waals surface area (Å²) in [5.41, 5.74) is -0.0865. The molecule has 2 atom stereocenters. The van der Waals surface area contributed by atoms with Gasteiger partial charge in [0.25, 0.3) is 5.91 Å². The van der Waals surface area contributed by atoms with E-state index in [-0.39, 0.29) is 28.8 Å². The molecule has 2 heterocycles. The second kappa shape index (κ2) is 4.90. The van der Waals surface area contributed by atoms with Crippen LogP contribution in [0.4, 0.5) is 0 Å². The predicted molar refractivity (Wildman–Crippen MR) is 67.4 cm³/mol. The molecule has 7 heteroatoms. The summed E-state index contributed by atoms with van der Waals surface area (Å²) in [5, 5.41) is 13.3. The maximum atomic E-state index is 12.0. The van der Waals surface area contributed by atoms with Crippen LogP contribution in [0.15, 0.2) is 5.38 Å². The molecule has 1 aromatic heterocycles. The van der Waals surface area contributed by atoms with Crippen molar-refractivity contribution in [2.75, 3.05) is 6.61 Å². The van der Waals surface area contributed by atoms with Crippen LogP contribution in [0.2, 0.25) is 0 Å². The lowest BCUT2D eigenvalue weighted by Crippen LogP contribution is -2.41. The third-order valence-corrected chi connectivity index (χ3v) is 4.30. The molecular formula is C12H14N2O4S. The average Bonchev–Trinajstić information content (AvgIpc) is 2.93. The highest BCUT2D eigenvalue weighted by Gasteiger charge is 2.41. The SMILES string of the molecule is O=C(O)c1csc(C(=O)NC2CCOC2C2CC2)n1. The number of nitrogens with one attached hydrogen (secondary N) is 1. The van der Waals surface area contributed by atoms with Gasteiger partial charge in [-0.2, -0.15) is 0 Å². The van der Waals surface area contributed by atoms with Gasteiger partial charge in [-0.15, -0.1) is 11.3 Å². The Bertz CT molecular complexity index is 512. The summed E-state index contributed by atoms with van der Waals surface area (Å²) in [6, 6.07) is 0.0252. The Labute approximate surface area is 113 Å². The van der Waals surface area contributed by atoms with Crippen molar-refractivity contribution in [2.24, 2.45) is 5.92 Å². The van der Waals surface area contributed by atoms with Crippen LogP contribution in [0, 0.1) is 5.92 Å². The zero-order chi connectivity index (χ0) is 13.4. The van der Waals surface area contributed by atoms with Gasteiger partial charge in [-0.05, 0) is 25.2 Å². The van der Waals surface area contributed by atoms with Gasteiger partial charge in [0.2, 0.25) is 0 Å². The minimum Gasteiger partial charge on any atom is -0.476 e. The Kier molecular flexibility index (Phi) is 3.24. The Balaban J connectivity index is 1.65. The van der Waals surface area contributed by atoms with E-state index in [0.717, 1.165) is 30.6 Å². The number of amides is 1. The molecule has 1 aliphatic carbocycles. The number of hydrogen-bond donors (Lipinski definition) is 2. The van der Waals surface area contributed by atoms with Crippen LogP contribution in [-0.2, 0) is 4.74 Å². The first-order valence-electron chi connectivity index (χ1n) is 6.26. The molecular weight excluding hydrogens is 268 g/mol. The summed E-state index contributed by atoms with van der Waals surface area (Å²) < 4.78 is 5.64. The van der Waals surface area contributed by atoms with Gasteiger partial charge < -0.3 is 15.2 Å². The largest absolute Gasteiger partial charge is 0.476 e. The van der Waals surface area contributed by atoms with Crippen molar-refractivity contribution in [1.82, 2.24) is 10.3 Å². The highest BCUT2D eigenvalue weighted by Crippen LogP contribution is 2.38. The Morgan fingerprint density at radius 1 is 1.42 bits per heavy atom. The van der Waals surface area contributed by atoms with Gasteiger partial charge in [-0.25, -0.2) is 9.78 Å². The lowest BCUT2D eigenvalue weighted by atomic mass is 10.1. The molecule has 1 amide bonds. The fourth-order valence-electron chi connectivity index (χ4n) is 2.36. The monoisotopic (exact) mass is 282 g/mol. The van der Waals surface area contributed by atoms with Crippen LogP contribution < -0.4 is 5.32 Å². The van der Waals surface area contributed by atoms with Crippen LogP contribution in [0.5, 0.6) is 0 Å². The molecule has 1 aromatic rings. The van der Waals surface area contributed by atoms with Gasteiger partial charge in [-0.1, -0.05) is 0 Å². The maximum absolute atomic E-state index is 12.0. The van der Waals surface area contributed by atoms with Crippen molar-refractivity contribution in [3.8, 4) is 0 Å². The van der Waals surface area contributed by atoms with Gasteiger partial charge in [0.15, 0.2) is 10.7 Å². The smallest absolute Gasteiger partial charge is 0.355 e. The molecule has 2 unspecified atom stereocenters. The van der Waals surface area contributed by atoms with Crippen LogP contribution >= 0.6 is 11.3 Å². The topological polar surface area (TPSA) is 88.5 Å². The first kappa shape index (κ1) is 12.6. The average molecular weight is 282 g/mol. The van der Waals surface area contributed by atoms with Crippen LogP contribution in [0.1, 0.15) is 39.6 Å². The number of carbonyl (C=O) groups is 2. The molecule has 3 rings (SSSR count). The van der Waals surface area contributed by atoms with E-state index in [1.54, 1.807) is 0 Å². The van der Waals surface area contributed by atoms with E-state index in [1.165, 1.54) is 5.38 Å². The summed E-state index contributed by atoms with van der Waals surface area (Å²) in [6.07, 6.45) is 3.25. The summed E-state index contributed by atoms with van der Waals surface area (Å²) in [6.45, 7) is 0.671. The molecule has 1 saturated heterocycles. The van der Waals surface area contributed by atoms with E-state index in [2.05, 4.69) is 10.3 Å². The second-order valence-electron chi connectivity index (χ2n) is 4.88. The molecule has 102 valence electrons. The summed E-state index contributed by atoms with van der Waals surface area (Å²) >= 11 is 1.05. The van der Waals surface area contributed by atoms with Gasteiger partial charge in [0, 0.05) is 12.0 Å². The Hall–Kier alpha value is -1.47. The third-order valence-electron chi connectivity index (χ3n) is 3.46. The number of carbonyl (C=O) groups excluding carboxylic acids is 1. The first-order valence-corrected chi connectivity index (χ1v) is 7.14. The lowest BCUT2D eigenvalue weighted by molar-refractivity contribution is 0.0691. The van der Waals surface area contributed by atoms with Crippen molar-refractivity contribution in [3.63, 3.8) is 0 Å². The van der Waals surface area contributed by atoms with E-state index in [4.69, 9.17) is 9.84 Å². The Morgan fingerprint density at radius 2 is 2.21 bits per heavy atom. The van der Waals surface area contributed by atoms with Gasteiger partial charge in [0.1, 0.15) is 0 Å². The van der Waals surface area contributed by atoms with Crippen LogP contribution in [0.25, 0.3) is 0 Å². The number of hydrogen-bond acceptors (Lipinski definition) is 5. The number of carboxylic acids is 1. The molecule has 1 aliphatic heterocycles. The van der Waals surface area contributed by atoms with E-state index >= 15 is 0 Å². The minimum absolute atomic E-state index is 0.0252. The molecule has 19 heavy (non-hydrogen) atoms. The van der Waals surface area contributed by atoms with E-state index < -0.39 is 5.97 Å². The maximum Gasteiger partial charge on any atom is 0.355 e. The Morgan fingerprint density at radius 3 is 2.84 bits per heavy atom. The highest BCUT2D eigenvalue weighted by atomic mass is 32.1. The number of carboxylic acid groups (broad SMARTS) is 1. The molecule has 0 aromatic carbocycles. The number of nitrogens with zero attached hydrogens (tertiary/aromatic N) is 1. The number of rotatable bonds is 4. The second-order valence-corrected chi connectivity index (χ2v) is 5.74. The predicted octanol–water partition coefficient (Wildman–Crippen LogP) is 1.14. The first-order chi connectivity index (χ1) is 9.15. The summed E-state index contributed by atoms with van der Waals surface area (Å²) in [4.78, 5) is 26.5. The molecule has 0 bridgehead atoms. The minimum atomic E-state index is -1.12. The third kappa shape index (κ3) is 2.62. The standard InChI is InChI=1S/C12H14N2O4S/c15-10(11-14-8(5-19-11)12(16)17)13-7-3-4-18-9(7)6-1-2-6/h5-7,9H,1-4H2,(H,13,15)(H,16,17). The van der Waals surface area contributed by atoms with Crippen molar-refractivity contribution >= 4 is 23.2 Å². The quantitative estimate of drug-likeness (QED) is 0.864. The lowest BCUT2D eigenvalue weighted by Gasteiger charge is -2.18. The van der Waals surface area contributed by atoms with E-state index in [9.17, 15) is 9.59 Å². The molecule has 1 saturated carbocycles. The van der Waals surface area contributed by atoms with Crippen molar-refractivity contribution < 1.29 is 19.4 Å². The molecule has 6 nitrogen and oxygen atoms in total. The van der Waals surface area contributed by atoms with E-state index in [1.807, 2.05) is 0 Å². The van der Waals surface area contributed by atoms with Crippen molar-refractivity contribution in [1.29, 1.82) is 0 Å². The van der Waals surface area contributed by atoms with E-state index in [0.29, 0.717) is 12.5 Å². The zero-order valence-electron chi connectivity index (χ0n) is 10.2. The fourth-order valence-corrected chi connectivity index (χ4v) is 3.06. The molecule has 0 spiro atoms. The zero-order valence-corrected chi connectivity index (χ0v) is 11.0. The summed E-state index contributed by atoms with van der Waals surface area (Å²) in [5.74, 6) is -0.854.